The number of carbonyl (C=O) groups is 1. The van der Waals surface area contributed by atoms with E-state index in [-0.39, 0.29) is 6.61 Å². The molecule has 2 N–H and O–H groups in total. The molecule has 1 aromatic carbocycles. The predicted octanol–water partition coefficient (Wildman–Crippen LogP) is 2.99. The lowest BCUT2D eigenvalue weighted by Gasteiger charge is -2.12. The van der Waals surface area contributed by atoms with Gasteiger partial charge in [-0.25, -0.2) is 5.48 Å². The third kappa shape index (κ3) is 3.36. The Labute approximate surface area is 118 Å². The first-order valence-corrected chi connectivity index (χ1v) is 6.89. The molecule has 0 spiro atoms. The largest absolute Gasteiger partial charge is 0.391 e. The zero-order chi connectivity index (χ0) is 14.5. The predicted molar refractivity (Wildman–Crippen MR) is 75.9 cm³/mol. The Bertz CT molecular complexity index is 522. The van der Waals surface area contributed by atoms with Crippen LogP contribution in [0.2, 0.25) is 0 Å². The summed E-state index contributed by atoms with van der Waals surface area (Å²) < 4.78 is 0. The van der Waals surface area contributed by atoms with Crippen molar-refractivity contribution >= 4 is 11.6 Å². The zero-order valence-corrected chi connectivity index (χ0v) is 11.8. The highest BCUT2D eigenvalue weighted by Gasteiger charge is 2.28. The summed E-state index contributed by atoms with van der Waals surface area (Å²) in [5, 5.41) is 12.8. The quantitative estimate of drug-likeness (QED) is 0.476. The van der Waals surface area contributed by atoms with Gasteiger partial charge in [0.15, 0.2) is 0 Å². The third-order valence-corrected chi connectivity index (χ3v) is 3.52. The molecule has 5 nitrogen and oxygen atoms in total. The molecule has 1 aliphatic carbocycles. The van der Waals surface area contributed by atoms with Gasteiger partial charge in [0.25, 0.3) is 5.91 Å². The van der Waals surface area contributed by atoms with E-state index in [0.717, 1.165) is 36.1 Å². The van der Waals surface area contributed by atoms with Crippen molar-refractivity contribution in [2.24, 2.45) is 5.16 Å². The summed E-state index contributed by atoms with van der Waals surface area (Å²) in [5.74, 6) is -0.0152. The Kier molecular flexibility index (Phi) is 4.74. The van der Waals surface area contributed by atoms with Crippen LogP contribution in [-0.4, -0.2) is 16.8 Å². The Hall–Kier alpha value is -1.88. The van der Waals surface area contributed by atoms with Crippen LogP contribution >= 0.6 is 0 Å². The van der Waals surface area contributed by atoms with Crippen molar-refractivity contribution in [3.05, 3.63) is 34.9 Å². The van der Waals surface area contributed by atoms with E-state index in [4.69, 9.17) is 10.0 Å². The summed E-state index contributed by atoms with van der Waals surface area (Å²) in [6.45, 7) is 4.14. The fourth-order valence-corrected chi connectivity index (χ4v) is 2.09. The molecule has 0 heterocycles. The first-order chi connectivity index (χ1) is 9.67. The van der Waals surface area contributed by atoms with Crippen LogP contribution in [-0.2, 0) is 11.4 Å². The van der Waals surface area contributed by atoms with Crippen LogP contribution in [0, 0.1) is 0 Å². The van der Waals surface area contributed by atoms with Crippen molar-refractivity contribution < 1.29 is 14.8 Å². The standard InChI is InChI=1S/C15H20N2O3/c1-3-10(2)17-20-9-14-12(11-7-8-11)5-4-6-13(14)15(18)16-19/h4-6,11,19H,3,7-9H2,1-2H3,(H,16,18). The van der Waals surface area contributed by atoms with E-state index in [9.17, 15) is 4.79 Å². The van der Waals surface area contributed by atoms with E-state index >= 15 is 0 Å². The highest BCUT2D eigenvalue weighted by atomic mass is 16.6. The number of carbonyl (C=O) groups excluding carboxylic acids is 1. The van der Waals surface area contributed by atoms with E-state index in [1.807, 2.05) is 26.0 Å². The van der Waals surface area contributed by atoms with Gasteiger partial charge in [0.1, 0.15) is 6.61 Å². The summed E-state index contributed by atoms with van der Waals surface area (Å²) in [5.41, 5.74) is 4.97. The molecule has 5 heteroatoms. The summed E-state index contributed by atoms with van der Waals surface area (Å²) >= 11 is 0. The van der Waals surface area contributed by atoms with Crippen molar-refractivity contribution in [1.82, 2.24) is 5.48 Å². The van der Waals surface area contributed by atoms with Crippen LogP contribution in [0.1, 0.15) is 60.5 Å². The topological polar surface area (TPSA) is 70.9 Å². The summed E-state index contributed by atoms with van der Waals surface area (Å²) in [6.07, 6.45) is 3.09. The summed E-state index contributed by atoms with van der Waals surface area (Å²) in [4.78, 5) is 17.1. The lowest BCUT2D eigenvalue weighted by atomic mass is 9.98. The maximum absolute atomic E-state index is 11.7. The summed E-state index contributed by atoms with van der Waals surface area (Å²) in [6, 6.07) is 5.54. The Morgan fingerprint density at radius 2 is 2.25 bits per heavy atom. The Morgan fingerprint density at radius 3 is 2.85 bits per heavy atom. The molecule has 0 radical (unpaired) electrons. The zero-order valence-electron chi connectivity index (χ0n) is 11.8. The van der Waals surface area contributed by atoms with Gasteiger partial charge in [0.2, 0.25) is 0 Å². The van der Waals surface area contributed by atoms with Gasteiger partial charge in [-0.2, -0.15) is 0 Å². The number of hydroxylamine groups is 1. The molecule has 1 aromatic rings. The fraction of sp³-hybridized carbons (Fsp3) is 0.467. The number of oxime groups is 1. The average molecular weight is 276 g/mol. The molecule has 0 bridgehead atoms. The molecule has 20 heavy (non-hydrogen) atoms. The summed E-state index contributed by atoms with van der Waals surface area (Å²) in [7, 11) is 0. The number of nitrogens with one attached hydrogen (secondary N) is 1. The van der Waals surface area contributed by atoms with Crippen LogP contribution in [0.15, 0.2) is 23.4 Å². The van der Waals surface area contributed by atoms with Crippen molar-refractivity contribution in [1.29, 1.82) is 0 Å². The van der Waals surface area contributed by atoms with E-state index in [1.165, 1.54) is 0 Å². The second-order valence-corrected chi connectivity index (χ2v) is 5.04. The molecule has 1 saturated carbocycles. The van der Waals surface area contributed by atoms with E-state index in [1.54, 1.807) is 11.5 Å². The van der Waals surface area contributed by atoms with Gasteiger partial charge >= 0.3 is 0 Å². The maximum atomic E-state index is 11.7. The van der Waals surface area contributed by atoms with E-state index in [2.05, 4.69) is 5.16 Å². The SMILES string of the molecule is CCC(C)=NOCc1c(C(=O)NO)cccc1C1CC1. The normalized spacial score (nSPS) is 15.1. The average Bonchev–Trinajstić information content (AvgIpc) is 3.30. The third-order valence-electron chi connectivity index (χ3n) is 3.52. The first-order valence-electron chi connectivity index (χ1n) is 6.89. The molecule has 0 aromatic heterocycles. The van der Waals surface area contributed by atoms with Crippen LogP contribution in [0.25, 0.3) is 0 Å². The lowest BCUT2D eigenvalue weighted by molar-refractivity contribution is 0.0698. The number of hydrogen-bond acceptors (Lipinski definition) is 4. The molecule has 0 saturated heterocycles. The van der Waals surface area contributed by atoms with Gasteiger partial charge in [0.05, 0.1) is 5.71 Å². The van der Waals surface area contributed by atoms with Crippen molar-refractivity contribution in [3.63, 3.8) is 0 Å². The number of amides is 1. The Morgan fingerprint density at radius 1 is 1.50 bits per heavy atom. The highest BCUT2D eigenvalue weighted by molar-refractivity contribution is 5.95. The van der Waals surface area contributed by atoms with Crippen molar-refractivity contribution in [2.75, 3.05) is 0 Å². The van der Waals surface area contributed by atoms with E-state index < -0.39 is 5.91 Å². The Balaban J connectivity index is 2.24. The second-order valence-electron chi connectivity index (χ2n) is 5.04. The molecule has 0 aliphatic heterocycles. The number of benzene rings is 1. The van der Waals surface area contributed by atoms with Gasteiger partial charge in [-0.15, -0.1) is 0 Å². The van der Waals surface area contributed by atoms with Gasteiger partial charge in [-0.1, -0.05) is 24.2 Å². The van der Waals surface area contributed by atoms with Gasteiger partial charge in [-0.05, 0) is 43.7 Å². The minimum absolute atomic E-state index is 0.243. The molecule has 0 atom stereocenters. The number of rotatable bonds is 6. The number of hydrogen-bond donors (Lipinski definition) is 2. The molecule has 0 unspecified atom stereocenters. The molecular formula is C15H20N2O3. The van der Waals surface area contributed by atoms with Crippen LogP contribution in [0.3, 0.4) is 0 Å². The minimum Gasteiger partial charge on any atom is -0.391 e. The molecule has 108 valence electrons. The van der Waals surface area contributed by atoms with Crippen LogP contribution < -0.4 is 5.48 Å². The number of nitrogens with zero attached hydrogens (tertiary/aromatic N) is 1. The molecule has 1 fully saturated rings. The molecule has 1 aliphatic rings. The van der Waals surface area contributed by atoms with Gasteiger partial charge in [-0.3, -0.25) is 10.0 Å². The molecular weight excluding hydrogens is 256 g/mol. The minimum atomic E-state index is -0.512. The van der Waals surface area contributed by atoms with Crippen LogP contribution in [0.4, 0.5) is 0 Å². The van der Waals surface area contributed by atoms with Gasteiger partial charge < -0.3 is 4.84 Å². The smallest absolute Gasteiger partial charge is 0.275 e. The van der Waals surface area contributed by atoms with Crippen molar-refractivity contribution in [3.8, 4) is 0 Å². The fourth-order valence-electron chi connectivity index (χ4n) is 2.09. The van der Waals surface area contributed by atoms with Gasteiger partial charge in [0, 0.05) is 11.1 Å². The highest BCUT2D eigenvalue weighted by Crippen LogP contribution is 2.42. The van der Waals surface area contributed by atoms with Crippen LogP contribution in [0.5, 0.6) is 0 Å². The molecule has 2 rings (SSSR count). The first kappa shape index (κ1) is 14.5. The van der Waals surface area contributed by atoms with Crippen molar-refractivity contribution in [2.45, 2.75) is 45.6 Å². The van der Waals surface area contributed by atoms with E-state index in [0.29, 0.717) is 11.5 Å². The lowest BCUT2D eigenvalue weighted by Crippen LogP contribution is -2.21. The molecule has 1 amide bonds. The maximum Gasteiger partial charge on any atom is 0.275 e. The monoisotopic (exact) mass is 276 g/mol. The second kappa shape index (κ2) is 6.52.